The largest absolute Gasteiger partial charge is 0.485 e. The number of rotatable bonds is 4. The number of hydrogen-bond acceptors (Lipinski definition) is 4. The van der Waals surface area contributed by atoms with Gasteiger partial charge >= 0.3 is 0 Å². The van der Waals surface area contributed by atoms with Crippen molar-refractivity contribution in [3.8, 4) is 34.2 Å². The summed E-state index contributed by atoms with van der Waals surface area (Å²) in [5, 5.41) is 1.31. The highest BCUT2D eigenvalue weighted by Crippen LogP contribution is 2.47. The lowest BCUT2D eigenvalue weighted by Crippen LogP contribution is -2.20. The standard InChI is InChI=1S/C38H26N4O/c1-2-10-24(11-3-1)36-39-37(41-38(40-36)30-15-9-19-34-35(30)29-13-5-7-18-33(29)43-34)25-20-22-26(23-21-25)42-31-16-6-4-12-27(31)28-14-8-17-32(28)42/h1-13,15-23,34-35H,14H2. The van der Waals surface area contributed by atoms with Gasteiger partial charge in [-0.25, -0.2) is 15.0 Å². The minimum Gasteiger partial charge on any atom is -0.485 e. The highest BCUT2D eigenvalue weighted by molar-refractivity contribution is 5.92. The molecule has 0 saturated carbocycles. The quantitative estimate of drug-likeness (QED) is 0.220. The molecule has 0 spiro atoms. The normalized spacial score (nSPS) is 17.8. The van der Waals surface area contributed by atoms with Crippen LogP contribution in [0.3, 0.4) is 0 Å². The summed E-state index contributed by atoms with van der Waals surface area (Å²) in [5.41, 5.74) is 9.09. The zero-order valence-corrected chi connectivity index (χ0v) is 23.3. The van der Waals surface area contributed by atoms with E-state index in [0.29, 0.717) is 17.5 Å². The summed E-state index contributed by atoms with van der Waals surface area (Å²) in [6.07, 6.45) is 11.7. The van der Waals surface area contributed by atoms with Gasteiger partial charge in [0.1, 0.15) is 11.9 Å². The first kappa shape index (κ1) is 24.1. The van der Waals surface area contributed by atoms with E-state index in [-0.39, 0.29) is 12.0 Å². The summed E-state index contributed by atoms with van der Waals surface area (Å²) in [5.74, 6) is 2.92. The van der Waals surface area contributed by atoms with E-state index in [1.807, 2.05) is 42.5 Å². The second-order valence-corrected chi connectivity index (χ2v) is 11.1. The van der Waals surface area contributed by atoms with Gasteiger partial charge in [0.05, 0.1) is 17.1 Å². The van der Waals surface area contributed by atoms with Gasteiger partial charge in [0.2, 0.25) is 0 Å². The fraction of sp³-hybridized carbons (Fsp3) is 0.0789. The molecule has 0 saturated heterocycles. The number of ether oxygens (including phenoxy) is 1. The predicted molar refractivity (Wildman–Crippen MR) is 171 cm³/mol. The fourth-order valence-electron chi connectivity index (χ4n) is 6.71. The van der Waals surface area contributed by atoms with Gasteiger partial charge in [0.25, 0.3) is 0 Å². The highest BCUT2D eigenvalue weighted by atomic mass is 16.5. The molecule has 5 heteroatoms. The summed E-state index contributed by atoms with van der Waals surface area (Å²) in [4.78, 5) is 15.1. The average molecular weight is 555 g/mol. The van der Waals surface area contributed by atoms with Gasteiger partial charge in [-0.05, 0) is 60.5 Å². The third-order valence-electron chi connectivity index (χ3n) is 8.68. The topological polar surface area (TPSA) is 52.8 Å². The third kappa shape index (κ3) is 3.82. The van der Waals surface area contributed by atoms with Crippen molar-refractivity contribution in [3.05, 3.63) is 150 Å². The summed E-state index contributed by atoms with van der Waals surface area (Å²) in [6.45, 7) is 0. The van der Waals surface area contributed by atoms with Crippen LogP contribution in [0, 0.1) is 0 Å². The Morgan fingerprint density at radius 3 is 2.28 bits per heavy atom. The second-order valence-electron chi connectivity index (χ2n) is 11.1. The van der Waals surface area contributed by atoms with Gasteiger partial charge < -0.3 is 9.30 Å². The van der Waals surface area contributed by atoms with Crippen LogP contribution in [0.2, 0.25) is 0 Å². The van der Waals surface area contributed by atoms with Crippen molar-refractivity contribution in [2.24, 2.45) is 0 Å². The minimum absolute atomic E-state index is 0.0274. The Hall–Kier alpha value is -5.55. The van der Waals surface area contributed by atoms with E-state index in [1.165, 1.54) is 22.2 Å². The predicted octanol–water partition coefficient (Wildman–Crippen LogP) is 8.22. The van der Waals surface area contributed by atoms with Gasteiger partial charge in [-0.3, -0.25) is 0 Å². The molecule has 6 aromatic rings. The van der Waals surface area contributed by atoms with Crippen molar-refractivity contribution in [1.82, 2.24) is 19.5 Å². The molecule has 0 fully saturated rings. The van der Waals surface area contributed by atoms with E-state index in [4.69, 9.17) is 19.7 Å². The Bertz CT molecular complexity index is 2140. The number of hydrogen-bond donors (Lipinski definition) is 0. The van der Waals surface area contributed by atoms with Crippen molar-refractivity contribution in [1.29, 1.82) is 0 Å². The van der Waals surface area contributed by atoms with E-state index < -0.39 is 0 Å². The number of aromatic nitrogens is 4. The number of nitrogens with zero attached hydrogens (tertiary/aromatic N) is 4. The Morgan fingerprint density at radius 1 is 0.698 bits per heavy atom. The van der Waals surface area contributed by atoms with Crippen molar-refractivity contribution >= 4 is 22.6 Å². The maximum Gasteiger partial charge on any atom is 0.164 e. The van der Waals surface area contributed by atoms with Gasteiger partial charge in [0.15, 0.2) is 17.5 Å². The van der Waals surface area contributed by atoms with Crippen LogP contribution < -0.4 is 4.74 Å². The first-order valence-electron chi connectivity index (χ1n) is 14.7. The van der Waals surface area contributed by atoms with Crippen LogP contribution in [-0.4, -0.2) is 25.6 Å². The molecule has 2 unspecified atom stereocenters. The molecule has 9 rings (SSSR count). The second kappa shape index (κ2) is 9.50. The van der Waals surface area contributed by atoms with Crippen molar-refractivity contribution in [3.63, 3.8) is 0 Å². The minimum atomic E-state index is -0.0794. The van der Waals surface area contributed by atoms with Gasteiger partial charge in [0, 0.05) is 33.3 Å². The Morgan fingerprint density at radius 2 is 1.42 bits per heavy atom. The first-order valence-corrected chi connectivity index (χ1v) is 14.7. The molecule has 204 valence electrons. The SMILES string of the molecule is C1=CC2Oc3ccccc3C2C(c2nc(-c3ccccc3)nc(-c3ccc(-n4c5c(c6ccccc64)CC=C5)cc3)n2)=C1. The van der Waals surface area contributed by atoms with Gasteiger partial charge in [-0.15, -0.1) is 0 Å². The number of para-hydroxylation sites is 2. The van der Waals surface area contributed by atoms with Crippen LogP contribution in [0.15, 0.2) is 127 Å². The molecule has 1 aliphatic heterocycles. The van der Waals surface area contributed by atoms with Crippen LogP contribution in [0.4, 0.5) is 0 Å². The van der Waals surface area contributed by atoms with Crippen LogP contribution in [0.25, 0.3) is 51.0 Å². The molecule has 2 aliphatic carbocycles. The highest BCUT2D eigenvalue weighted by Gasteiger charge is 2.38. The molecule has 0 radical (unpaired) electrons. The number of benzene rings is 4. The maximum absolute atomic E-state index is 6.30. The summed E-state index contributed by atoms with van der Waals surface area (Å²) < 4.78 is 8.65. The van der Waals surface area contributed by atoms with Crippen LogP contribution in [0.1, 0.15) is 28.6 Å². The maximum atomic E-state index is 6.30. The van der Waals surface area contributed by atoms with Crippen molar-refractivity contribution in [2.45, 2.75) is 18.4 Å². The molecule has 2 aromatic heterocycles. The number of allylic oxidation sites excluding steroid dienone is 3. The summed E-state index contributed by atoms with van der Waals surface area (Å²) in [6, 6.07) is 35.6. The molecule has 0 bridgehead atoms. The summed E-state index contributed by atoms with van der Waals surface area (Å²) >= 11 is 0. The van der Waals surface area contributed by atoms with Crippen molar-refractivity contribution < 1.29 is 4.74 Å². The third-order valence-corrected chi connectivity index (χ3v) is 8.68. The molecular formula is C38H26N4O. The van der Waals surface area contributed by atoms with Crippen LogP contribution >= 0.6 is 0 Å². The average Bonchev–Trinajstić information content (AvgIpc) is 3.78. The lowest BCUT2D eigenvalue weighted by molar-refractivity contribution is 0.271. The number of fused-ring (bicyclic) bond motifs is 6. The molecule has 3 aliphatic rings. The van der Waals surface area contributed by atoms with Gasteiger partial charge in [-0.2, -0.15) is 0 Å². The monoisotopic (exact) mass is 554 g/mol. The molecule has 0 amide bonds. The lowest BCUT2D eigenvalue weighted by atomic mass is 9.84. The molecule has 3 heterocycles. The van der Waals surface area contributed by atoms with E-state index in [2.05, 4.69) is 95.6 Å². The lowest BCUT2D eigenvalue weighted by Gasteiger charge is -2.22. The first-order chi connectivity index (χ1) is 21.3. The Labute approximate surface area is 249 Å². The van der Waals surface area contributed by atoms with Gasteiger partial charge in [-0.1, -0.05) is 85.0 Å². The molecule has 0 N–H and O–H groups in total. The fourth-order valence-corrected chi connectivity index (χ4v) is 6.71. The molecule has 2 atom stereocenters. The van der Waals surface area contributed by atoms with E-state index in [9.17, 15) is 0 Å². The zero-order chi connectivity index (χ0) is 28.3. The molecule has 43 heavy (non-hydrogen) atoms. The Kier molecular flexibility index (Phi) is 5.32. The van der Waals surface area contributed by atoms with E-state index in [0.717, 1.165) is 40.1 Å². The molecule has 5 nitrogen and oxygen atoms in total. The molecule has 4 aromatic carbocycles. The zero-order valence-electron chi connectivity index (χ0n) is 23.3. The van der Waals surface area contributed by atoms with Crippen molar-refractivity contribution in [2.75, 3.05) is 0 Å². The van der Waals surface area contributed by atoms with Crippen LogP contribution in [-0.2, 0) is 6.42 Å². The molecular weight excluding hydrogens is 528 g/mol. The van der Waals surface area contributed by atoms with E-state index in [1.54, 1.807) is 0 Å². The van der Waals surface area contributed by atoms with E-state index >= 15 is 0 Å². The summed E-state index contributed by atoms with van der Waals surface area (Å²) in [7, 11) is 0. The smallest absolute Gasteiger partial charge is 0.164 e. The van der Waals surface area contributed by atoms with Crippen LogP contribution in [0.5, 0.6) is 5.75 Å². The Balaban J connectivity index is 1.17.